The van der Waals surface area contributed by atoms with Crippen LogP contribution in [0.1, 0.15) is 23.6 Å². The average Bonchev–Trinajstić information content (AvgIpc) is 3.12. The van der Waals surface area contributed by atoms with E-state index >= 15 is 0 Å². The Kier molecular flexibility index (Phi) is 8.93. The van der Waals surface area contributed by atoms with Gasteiger partial charge in [-0.25, -0.2) is 4.99 Å². The van der Waals surface area contributed by atoms with Gasteiger partial charge in [-0.3, -0.25) is 0 Å². The maximum atomic E-state index is 5.13. The lowest BCUT2D eigenvalue weighted by Crippen LogP contribution is -2.38. The number of hydrogen-bond donors (Lipinski definition) is 2. The third-order valence-electron chi connectivity index (χ3n) is 4.74. The van der Waals surface area contributed by atoms with Crippen LogP contribution in [-0.2, 0) is 24.9 Å². The molecule has 0 amide bonds. The summed E-state index contributed by atoms with van der Waals surface area (Å²) in [5.41, 5.74) is 1.16. The van der Waals surface area contributed by atoms with Crippen molar-refractivity contribution in [2.45, 2.75) is 36.2 Å². The van der Waals surface area contributed by atoms with E-state index in [1.54, 1.807) is 18.9 Å². The van der Waals surface area contributed by atoms with Crippen molar-refractivity contribution in [3.63, 3.8) is 0 Å². The van der Waals surface area contributed by atoms with E-state index in [1.807, 2.05) is 24.6 Å². The molecular weight excluding hydrogens is 408 g/mol. The zero-order valence-electron chi connectivity index (χ0n) is 18.3. The molecule has 3 rings (SSSR count). The van der Waals surface area contributed by atoms with Gasteiger partial charge in [0.1, 0.15) is 5.82 Å². The Balaban J connectivity index is 1.59. The van der Waals surface area contributed by atoms with Crippen LogP contribution in [0.4, 0.5) is 0 Å². The van der Waals surface area contributed by atoms with Gasteiger partial charge in [0.05, 0.1) is 13.1 Å². The molecule has 0 spiro atoms. The monoisotopic (exact) mass is 438 g/mol. The number of aromatic nitrogens is 3. The normalized spacial score (nSPS) is 11.5. The summed E-state index contributed by atoms with van der Waals surface area (Å²) in [7, 11) is 3.67. The van der Waals surface area contributed by atoms with Crippen LogP contribution in [0.15, 0.2) is 69.4 Å². The molecule has 0 aliphatic carbocycles. The van der Waals surface area contributed by atoms with Crippen molar-refractivity contribution in [3.8, 4) is 0 Å². The van der Waals surface area contributed by atoms with E-state index in [4.69, 9.17) is 9.73 Å². The van der Waals surface area contributed by atoms with Gasteiger partial charge in [0.15, 0.2) is 11.8 Å². The number of guanidine groups is 1. The predicted molar refractivity (Wildman–Crippen MR) is 125 cm³/mol. The molecule has 2 N–H and O–H groups in total. The Morgan fingerprint density at radius 3 is 2.45 bits per heavy atom. The second-order valence-electron chi connectivity index (χ2n) is 7.07. The number of aliphatic imine (C=N–C) groups is 1. The number of nitrogens with zero attached hydrogens (tertiary/aromatic N) is 4. The van der Waals surface area contributed by atoms with Gasteiger partial charge in [-0.15, -0.1) is 10.2 Å². The second-order valence-corrected chi connectivity index (χ2v) is 8.22. The zero-order chi connectivity index (χ0) is 21.9. The van der Waals surface area contributed by atoms with E-state index in [0.29, 0.717) is 19.7 Å². The van der Waals surface area contributed by atoms with Crippen LogP contribution in [0.5, 0.6) is 0 Å². The molecule has 8 heteroatoms. The maximum absolute atomic E-state index is 5.13. The van der Waals surface area contributed by atoms with Crippen molar-refractivity contribution in [2.75, 3.05) is 20.3 Å². The molecule has 0 aliphatic rings. The van der Waals surface area contributed by atoms with Crippen LogP contribution in [-0.4, -0.2) is 41.0 Å². The number of aryl methyl sites for hydroxylation is 1. The zero-order valence-corrected chi connectivity index (χ0v) is 19.2. The minimum atomic E-state index is 0.556. The van der Waals surface area contributed by atoms with Gasteiger partial charge in [0.25, 0.3) is 0 Å². The van der Waals surface area contributed by atoms with Gasteiger partial charge < -0.3 is 19.9 Å². The van der Waals surface area contributed by atoms with Crippen molar-refractivity contribution in [2.24, 2.45) is 12.0 Å². The maximum Gasteiger partial charge on any atom is 0.191 e. The molecule has 0 atom stereocenters. The summed E-state index contributed by atoms with van der Waals surface area (Å²) in [5.74, 6) is 2.50. The Bertz CT molecular complexity index is 956. The van der Waals surface area contributed by atoms with Gasteiger partial charge in [0.2, 0.25) is 0 Å². The van der Waals surface area contributed by atoms with Gasteiger partial charge >= 0.3 is 0 Å². The lowest BCUT2D eigenvalue weighted by molar-refractivity contribution is 0.195. The highest BCUT2D eigenvalue weighted by Crippen LogP contribution is 2.27. The Labute approximate surface area is 188 Å². The lowest BCUT2D eigenvalue weighted by Gasteiger charge is -2.12. The highest BCUT2D eigenvalue weighted by molar-refractivity contribution is 7.99. The van der Waals surface area contributed by atoms with Gasteiger partial charge in [-0.1, -0.05) is 42.1 Å². The van der Waals surface area contributed by atoms with Gasteiger partial charge in [-0.2, -0.15) is 0 Å². The van der Waals surface area contributed by atoms with E-state index in [-0.39, 0.29) is 0 Å². The summed E-state index contributed by atoms with van der Waals surface area (Å²) < 4.78 is 7.10. The highest BCUT2D eigenvalue weighted by Gasteiger charge is 2.06. The summed E-state index contributed by atoms with van der Waals surface area (Å²) in [6.07, 6.45) is 0.908. The minimum Gasteiger partial charge on any atom is -0.385 e. The number of rotatable bonds is 10. The van der Waals surface area contributed by atoms with Crippen LogP contribution < -0.4 is 10.6 Å². The molecule has 0 bridgehead atoms. The van der Waals surface area contributed by atoms with Gasteiger partial charge in [0, 0.05) is 37.1 Å². The average molecular weight is 439 g/mol. The number of ether oxygens (including phenoxy) is 1. The summed E-state index contributed by atoms with van der Waals surface area (Å²) in [6, 6.07) is 18.9. The Morgan fingerprint density at radius 2 is 1.77 bits per heavy atom. The van der Waals surface area contributed by atoms with Crippen molar-refractivity contribution >= 4 is 17.7 Å². The molecule has 0 unspecified atom stereocenters. The first-order valence-electron chi connectivity index (χ1n) is 10.3. The van der Waals surface area contributed by atoms with E-state index in [0.717, 1.165) is 36.1 Å². The van der Waals surface area contributed by atoms with Crippen LogP contribution in [0.25, 0.3) is 0 Å². The van der Waals surface area contributed by atoms with E-state index in [2.05, 4.69) is 69.4 Å². The Morgan fingerprint density at radius 1 is 1.03 bits per heavy atom. The van der Waals surface area contributed by atoms with Crippen LogP contribution in [0.2, 0.25) is 0 Å². The van der Waals surface area contributed by atoms with E-state index < -0.39 is 0 Å². The topological polar surface area (TPSA) is 76.4 Å². The molecule has 3 aromatic rings. The fourth-order valence-electron chi connectivity index (χ4n) is 2.82. The molecule has 0 saturated heterocycles. The summed E-state index contributed by atoms with van der Waals surface area (Å²) in [4.78, 5) is 7.20. The molecule has 0 fully saturated rings. The first-order valence-corrected chi connectivity index (χ1v) is 11.1. The SMILES string of the molecule is COCCCNC(=NCc1ccc(Sc2ccccc2)cc1)NCc1nnc(C)n1C. The van der Waals surface area contributed by atoms with Crippen molar-refractivity contribution in [1.29, 1.82) is 0 Å². The Hall–Kier alpha value is -2.84. The van der Waals surface area contributed by atoms with Crippen molar-refractivity contribution in [1.82, 2.24) is 25.4 Å². The minimum absolute atomic E-state index is 0.556. The fourth-order valence-corrected chi connectivity index (χ4v) is 3.66. The van der Waals surface area contributed by atoms with Gasteiger partial charge in [-0.05, 0) is 43.2 Å². The van der Waals surface area contributed by atoms with E-state index in [9.17, 15) is 0 Å². The predicted octanol–water partition coefficient (Wildman–Crippen LogP) is 3.55. The lowest BCUT2D eigenvalue weighted by atomic mass is 10.2. The molecule has 164 valence electrons. The quantitative estimate of drug-likeness (QED) is 0.286. The summed E-state index contributed by atoms with van der Waals surface area (Å²) in [6.45, 7) is 4.58. The third kappa shape index (κ3) is 7.41. The van der Waals surface area contributed by atoms with Crippen molar-refractivity contribution in [3.05, 3.63) is 71.8 Å². The first kappa shape index (κ1) is 22.8. The number of nitrogens with one attached hydrogen (secondary N) is 2. The van der Waals surface area contributed by atoms with E-state index in [1.165, 1.54) is 9.79 Å². The van der Waals surface area contributed by atoms with Crippen molar-refractivity contribution < 1.29 is 4.74 Å². The number of benzene rings is 2. The first-order chi connectivity index (χ1) is 15.2. The molecule has 0 radical (unpaired) electrons. The number of hydrogen-bond acceptors (Lipinski definition) is 5. The molecule has 0 aliphatic heterocycles. The van der Waals surface area contributed by atoms with Crippen LogP contribution in [0, 0.1) is 6.92 Å². The molecular formula is C23H30N6OS. The van der Waals surface area contributed by atoms with Crippen LogP contribution in [0.3, 0.4) is 0 Å². The standard InChI is InChI=1S/C23H30N6OS/c1-18-27-28-22(29(18)2)17-26-23(24-14-7-15-30-3)25-16-19-10-12-21(13-11-19)31-20-8-5-4-6-9-20/h4-6,8-13H,7,14-17H2,1-3H3,(H2,24,25,26). The fraction of sp³-hybridized carbons (Fsp3) is 0.348. The second kappa shape index (κ2) is 12.1. The molecule has 1 aromatic heterocycles. The third-order valence-corrected chi connectivity index (χ3v) is 5.75. The summed E-state index contributed by atoms with van der Waals surface area (Å²) >= 11 is 1.76. The number of methoxy groups -OCH3 is 1. The summed E-state index contributed by atoms with van der Waals surface area (Å²) in [5, 5.41) is 15.0. The molecule has 7 nitrogen and oxygen atoms in total. The highest BCUT2D eigenvalue weighted by atomic mass is 32.2. The smallest absolute Gasteiger partial charge is 0.191 e. The largest absolute Gasteiger partial charge is 0.385 e. The van der Waals surface area contributed by atoms with Crippen LogP contribution >= 0.6 is 11.8 Å². The molecule has 1 heterocycles. The molecule has 31 heavy (non-hydrogen) atoms. The molecule has 2 aromatic carbocycles. The molecule has 0 saturated carbocycles.